The molecule has 1 saturated carbocycles. The summed E-state index contributed by atoms with van der Waals surface area (Å²) in [6.07, 6.45) is 2.89. The SMILES string of the molecule is O=C(NNC(=O)C1CC1)c1cccc(NC(=O)C2CCCO2)c1. The van der Waals surface area contributed by atoms with Gasteiger partial charge in [-0.3, -0.25) is 25.2 Å². The number of hydrogen-bond acceptors (Lipinski definition) is 4. The first-order valence-corrected chi connectivity index (χ1v) is 7.76. The second-order valence-electron chi connectivity index (χ2n) is 5.79. The number of benzene rings is 1. The van der Waals surface area contributed by atoms with Gasteiger partial charge in [0.15, 0.2) is 0 Å². The Morgan fingerprint density at radius 2 is 1.87 bits per heavy atom. The molecular formula is C16H19N3O4. The molecule has 0 spiro atoms. The second-order valence-corrected chi connectivity index (χ2v) is 5.79. The van der Waals surface area contributed by atoms with E-state index in [1.165, 1.54) is 0 Å². The minimum atomic E-state index is -0.426. The Morgan fingerprint density at radius 1 is 1.04 bits per heavy atom. The smallest absolute Gasteiger partial charge is 0.269 e. The van der Waals surface area contributed by atoms with Crippen molar-refractivity contribution in [2.45, 2.75) is 31.8 Å². The molecule has 3 N–H and O–H groups in total. The van der Waals surface area contributed by atoms with Crippen LogP contribution < -0.4 is 16.2 Å². The summed E-state index contributed by atoms with van der Waals surface area (Å²) >= 11 is 0. The maximum atomic E-state index is 12.0. The summed E-state index contributed by atoms with van der Waals surface area (Å²) in [6, 6.07) is 6.54. The maximum Gasteiger partial charge on any atom is 0.269 e. The maximum absolute atomic E-state index is 12.0. The molecule has 2 aliphatic rings. The van der Waals surface area contributed by atoms with Crippen molar-refractivity contribution in [3.63, 3.8) is 0 Å². The third-order valence-corrected chi connectivity index (χ3v) is 3.86. The molecule has 1 heterocycles. The topological polar surface area (TPSA) is 96.5 Å². The van der Waals surface area contributed by atoms with Crippen molar-refractivity contribution in [1.29, 1.82) is 0 Å². The summed E-state index contributed by atoms with van der Waals surface area (Å²) in [6.45, 7) is 0.598. The molecule has 1 aliphatic heterocycles. The van der Waals surface area contributed by atoms with Crippen molar-refractivity contribution < 1.29 is 19.1 Å². The van der Waals surface area contributed by atoms with Gasteiger partial charge in [0.05, 0.1) is 0 Å². The quantitative estimate of drug-likeness (QED) is 0.721. The predicted molar refractivity (Wildman–Crippen MR) is 82.4 cm³/mol. The summed E-state index contributed by atoms with van der Waals surface area (Å²) in [7, 11) is 0. The Balaban J connectivity index is 1.56. The highest BCUT2D eigenvalue weighted by molar-refractivity contribution is 5.99. The minimum absolute atomic E-state index is 0.0207. The van der Waals surface area contributed by atoms with Crippen molar-refractivity contribution in [2.24, 2.45) is 5.92 Å². The Labute approximate surface area is 133 Å². The molecule has 1 aliphatic carbocycles. The molecule has 0 radical (unpaired) electrons. The second kappa shape index (κ2) is 6.78. The molecule has 1 saturated heterocycles. The normalized spacial score (nSPS) is 19.9. The lowest BCUT2D eigenvalue weighted by molar-refractivity contribution is -0.124. The number of hydrogen-bond donors (Lipinski definition) is 3. The van der Waals surface area contributed by atoms with Gasteiger partial charge in [0.25, 0.3) is 11.8 Å². The van der Waals surface area contributed by atoms with E-state index in [0.717, 1.165) is 19.3 Å². The molecule has 1 unspecified atom stereocenters. The number of carbonyl (C=O) groups excluding carboxylic acids is 3. The molecule has 3 rings (SSSR count). The van der Waals surface area contributed by atoms with Crippen LogP contribution in [0.1, 0.15) is 36.0 Å². The van der Waals surface area contributed by atoms with Crippen LogP contribution in [-0.4, -0.2) is 30.4 Å². The van der Waals surface area contributed by atoms with Crippen LogP contribution in [0.5, 0.6) is 0 Å². The van der Waals surface area contributed by atoms with Crippen LogP contribution in [0.2, 0.25) is 0 Å². The molecule has 7 nitrogen and oxygen atoms in total. The first-order valence-electron chi connectivity index (χ1n) is 7.76. The summed E-state index contributed by atoms with van der Waals surface area (Å²) < 4.78 is 5.32. The number of ether oxygens (including phenoxy) is 1. The van der Waals surface area contributed by atoms with Gasteiger partial charge in [-0.25, -0.2) is 0 Å². The molecule has 1 atom stereocenters. The zero-order chi connectivity index (χ0) is 16.2. The average molecular weight is 317 g/mol. The van der Waals surface area contributed by atoms with E-state index in [1.807, 2.05) is 0 Å². The number of carbonyl (C=O) groups is 3. The molecule has 122 valence electrons. The molecule has 1 aromatic rings. The monoisotopic (exact) mass is 317 g/mol. The average Bonchev–Trinajstić information content (AvgIpc) is 3.26. The summed E-state index contributed by atoms with van der Waals surface area (Å²) in [5, 5.41) is 2.74. The lowest BCUT2D eigenvalue weighted by Crippen LogP contribution is -2.42. The number of anilines is 1. The predicted octanol–water partition coefficient (Wildman–Crippen LogP) is 0.975. The highest BCUT2D eigenvalue weighted by Gasteiger charge is 2.29. The van der Waals surface area contributed by atoms with Gasteiger partial charge in [0, 0.05) is 23.8 Å². The van der Waals surface area contributed by atoms with E-state index in [9.17, 15) is 14.4 Å². The van der Waals surface area contributed by atoms with Gasteiger partial charge in [-0.1, -0.05) is 6.07 Å². The van der Waals surface area contributed by atoms with E-state index in [1.54, 1.807) is 24.3 Å². The number of hydrazine groups is 1. The van der Waals surface area contributed by atoms with E-state index in [0.29, 0.717) is 24.3 Å². The van der Waals surface area contributed by atoms with Crippen LogP contribution in [-0.2, 0) is 14.3 Å². The van der Waals surface area contributed by atoms with Gasteiger partial charge < -0.3 is 10.1 Å². The highest BCUT2D eigenvalue weighted by atomic mass is 16.5. The van der Waals surface area contributed by atoms with Crippen molar-refractivity contribution in [1.82, 2.24) is 10.9 Å². The van der Waals surface area contributed by atoms with E-state index >= 15 is 0 Å². The fourth-order valence-electron chi connectivity index (χ4n) is 2.38. The Morgan fingerprint density at radius 3 is 2.57 bits per heavy atom. The lowest BCUT2D eigenvalue weighted by atomic mass is 10.1. The summed E-state index contributed by atoms with van der Waals surface area (Å²) in [4.78, 5) is 35.5. The first-order chi connectivity index (χ1) is 11.1. The fraction of sp³-hybridized carbons (Fsp3) is 0.438. The zero-order valence-electron chi connectivity index (χ0n) is 12.6. The standard InChI is InChI=1S/C16H19N3O4/c20-14(10-6-7-10)18-19-15(21)11-3-1-4-12(9-11)17-16(22)13-5-2-8-23-13/h1,3-4,9-10,13H,2,5-8H2,(H,17,22)(H,18,20)(H,19,21). The third kappa shape index (κ3) is 4.07. The molecular weight excluding hydrogens is 298 g/mol. The van der Waals surface area contributed by atoms with Crippen LogP contribution >= 0.6 is 0 Å². The molecule has 23 heavy (non-hydrogen) atoms. The Kier molecular flexibility index (Phi) is 4.57. The third-order valence-electron chi connectivity index (χ3n) is 3.86. The van der Waals surface area contributed by atoms with Gasteiger partial charge in [0.1, 0.15) is 6.10 Å². The molecule has 1 aromatic carbocycles. The largest absolute Gasteiger partial charge is 0.368 e. The molecule has 3 amide bonds. The van der Waals surface area contributed by atoms with E-state index in [-0.39, 0.29) is 17.7 Å². The molecule has 7 heteroatoms. The van der Waals surface area contributed by atoms with Gasteiger partial charge >= 0.3 is 0 Å². The Hall–Kier alpha value is -2.41. The first kappa shape index (κ1) is 15.5. The van der Waals surface area contributed by atoms with Gasteiger partial charge in [0.2, 0.25) is 5.91 Å². The lowest BCUT2D eigenvalue weighted by Gasteiger charge is -2.11. The van der Waals surface area contributed by atoms with Crippen molar-refractivity contribution in [2.75, 3.05) is 11.9 Å². The number of rotatable bonds is 4. The molecule has 0 aromatic heterocycles. The number of nitrogens with one attached hydrogen (secondary N) is 3. The Bertz CT molecular complexity index is 622. The van der Waals surface area contributed by atoms with Crippen LogP contribution in [0, 0.1) is 5.92 Å². The van der Waals surface area contributed by atoms with Crippen LogP contribution in [0.25, 0.3) is 0 Å². The van der Waals surface area contributed by atoms with E-state index in [2.05, 4.69) is 16.2 Å². The number of amides is 3. The van der Waals surface area contributed by atoms with E-state index < -0.39 is 12.0 Å². The molecule has 2 fully saturated rings. The van der Waals surface area contributed by atoms with Gasteiger partial charge in [-0.05, 0) is 43.9 Å². The van der Waals surface area contributed by atoms with Crippen molar-refractivity contribution >= 4 is 23.4 Å². The van der Waals surface area contributed by atoms with E-state index in [4.69, 9.17) is 4.74 Å². The van der Waals surface area contributed by atoms with Crippen LogP contribution in [0.15, 0.2) is 24.3 Å². The van der Waals surface area contributed by atoms with Gasteiger partial charge in [-0.2, -0.15) is 0 Å². The van der Waals surface area contributed by atoms with Crippen LogP contribution in [0.4, 0.5) is 5.69 Å². The summed E-state index contributed by atoms with van der Waals surface area (Å²) in [5.41, 5.74) is 5.65. The summed E-state index contributed by atoms with van der Waals surface area (Å²) in [5.74, 6) is -0.775. The van der Waals surface area contributed by atoms with Crippen molar-refractivity contribution in [3.8, 4) is 0 Å². The highest BCUT2D eigenvalue weighted by Crippen LogP contribution is 2.28. The minimum Gasteiger partial charge on any atom is -0.368 e. The van der Waals surface area contributed by atoms with Crippen molar-refractivity contribution in [3.05, 3.63) is 29.8 Å². The molecule has 0 bridgehead atoms. The van der Waals surface area contributed by atoms with Gasteiger partial charge in [-0.15, -0.1) is 0 Å². The zero-order valence-corrected chi connectivity index (χ0v) is 12.6. The fourth-order valence-corrected chi connectivity index (χ4v) is 2.38. The van der Waals surface area contributed by atoms with Crippen LogP contribution in [0.3, 0.4) is 0 Å².